The summed E-state index contributed by atoms with van der Waals surface area (Å²) in [6.45, 7) is 4.05. The molecule has 0 aliphatic carbocycles. The molecule has 0 bridgehead atoms. The second-order valence-corrected chi connectivity index (χ2v) is 4.31. The number of hydrogen-bond donors (Lipinski definition) is 1. The number of benzene rings is 1. The lowest BCUT2D eigenvalue weighted by molar-refractivity contribution is -0.137. The first-order valence-electron chi connectivity index (χ1n) is 5.39. The zero-order valence-electron chi connectivity index (χ0n) is 10.1. The van der Waals surface area contributed by atoms with Crippen LogP contribution < -0.4 is 5.73 Å². The SMILES string of the molecule is CC(C)CN=C(N)c1ccc(F)cc1C(F)(F)F. The summed E-state index contributed by atoms with van der Waals surface area (Å²) in [5.41, 5.74) is 4.13. The summed E-state index contributed by atoms with van der Waals surface area (Å²) < 4.78 is 51.0. The fourth-order valence-corrected chi connectivity index (χ4v) is 1.34. The molecule has 0 fully saturated rings. The van der Waals surface area contributed by atoms with E-state index >= 15 is 0 Å². The molecule has 0 radical (unpaired) electrons. The molecule has 100 valence electrons. The van der Waals surface area contributed by atoms with Crippen molar-refractivity contribution in [1.29, 1.82) is 0 Å². The molecule has 0 atom stereocenters. The van der Waals surface area contributed by atoms with E-state index in [9.17, 15) is 17.6 Å². The maximum absolute atomic E-state index is 12.9. The number of halogens is 4. The Hall–Kier alpha value is -1.59. The van der Waals surface area contributed by atoms with Crippen molar-refractivity contribution in [3.05, 3.63) is 35.1 Å². The fourth-order valence-electron chi connectivity index (χ4n) is 1.34. The van der Waals surface area contributed by atoms with Crippen LogP contribution in [0.2, 0.25) is 0 Å². The third kappa shape index (κ3) is 3.72. The fraction of sp³-hybridized carbons (Fsp3) is 0.417. The lowest BCUT2D eigenvalue weighted by Crippen LogP contribution is -2.21. The van der Waals surface area contributed by atoms with Crippen molar-refractivity contribution >= 4 is 5.84 Å². The predicted molar refractivity (Wildman–Crippen MR) is 61.8 cm³/mol. The quantitative estimate of drug-likeness (QED) is 0.507. The van der Waals surface area contributed by atoms with Gasteiger partial charge in [0.05, 0.1) is 5.56 Å². The Morgan fingerprint density at radius 3 is 2.44 bits per heavy atom. The van der Waals surface area contributed by atoms with Gasteiger partial charge in [-0.25, -0.2) is 4.39 Å². The van der Waals surface area contributed by atoms with Gasteiger partial charge in [0.15, 0.2) is 0 Å². The van der Waals surface area contributed by atoms with E-state index in [2.05, 4.69) is 4.99 Å². The average Bonchev–Trinajstić information content (AvgIpc) is 2.24. The minimum Gasteiger partial charge on any atom is -0.383 e. The van der Waals surface area contributed by atoms with Crippen LogP contribution in [-0.2, 0) is 6.18 Å². The molecule has 0 saturated heterocycles. The molecule has 1 aromatic carbocycles. The van der Waals surface area contributed by atoms with Crippen molar-refractivity contribution < 1.29 is 17.6 Å². The Kier molecular flexibility index (Phi) is 4.32. The lowest BCUT2D eigenvalue weighted by Gasteiger charge is -2.12. The number of nitrogens with two attached hydrogens (primary N) is 1. The van der Waals surface area contributed by atoms with Crippen LogP contribution in [0.5, 0.6) is 0 Å². The van der Waals surface area contributed by atoms with Crippen molar-refractivity contribution in [3.63, 3.8) is 0 Å². The molecule has 0 saturated carbocycles. The highest BCUT2D eigenvalue weighted by atomic mass is 19.4. The number of aliphatic imine (C=N–C) groups is 1. The zero-order valence-corrected chi connectivity index (χ0v) is 10.1. The summed E-state index contributed by atoms with van der Waals surface area (Å²) in [5.74, 6) is -1.00. The van der Waals surface area contributed by atoms with Crippen molar-refractivity contribution in [3.8, 4) is 0 Å². The average molecular weight is 262 g/mol. The molecule has 6 heteroatoms. The van der Waals surface area contributed by atoms with Gasteiger partial charge in [0.25, 0.3) is 0 Å². The molecular weight excluding hydrogens is 248 g/mol. The standard InChI is InChI=1S/C12H14F4N2/c1-7(2)6-18-11(17)9-4-3-8(13)5-10(9)12(14,15)16/h3-5,7H,6H2,1-2H3,(H2,17,18). The van der Waals surface area contributed by atoms with Crippen LogP contribution in [0.15, 0.2) is 23.2 Å². The van der Waals surface area contributed by atoms with Gasteiger partial charge in [0.1, 0.15) is 11.7 Å². The van der Waals surface area contributed by atoms with Crippen molar-refractivity contribution in [2.75, 3.05) is 6.54 Å². The molecule has 2 N–H and O–H groups in total. The second-order valence-electron chi connectivity index (χ2n) is 4.31. The van der Waals surface area contributed by atoms with E-state index in [4.69, 9.17) is 5.73 Å². The number of alkyl halides is 3. The van der Waals surface area contributed by atoms with Crippen molar-refractivity contribution in [2.45, 2.75) is 20.0 Å². The van der Waals surface area contributed by atoms with Gasteiger partial charge in [0.2, 0.25) is 0 Å². The molecule has 0 aromatic heterocycles. The highest BCUT2D eigenvalue weighted by Gasteiger charge is 2.34. The molecule has 1 aromatic rings. The molecule has 0 aliphatic heterocycles. The number of rotatable bonds is 3. The number of nitrogens with zero attached hydrogens (tertiary/aromatic N) is 1. The summed E-state index contributed by atoms with van der Waals surface area (Å²) in [5, 5.41) is 0. The largest absolute Gasteiger partial charge is 0.417 e. The molecule has 1 rings (SSSR count). The van der Waals surface area contributed by atoms with Gasteiger partial charge in [-0.2, -0.15) is 13.2 Å². The predicted octanol–water partition coefficient (Wildman–Crippen LogP) is 3.21. The Morgan fingerprint density at radius 1 is 1.33 bits per heavy atom. The van der Waals surface area contributed by atoms with Gasteiger partial charge in [-0.05, 0) is 24.1 Å². The Morgan fingerprint density at radius 2 is 1.94 bits per heavy atom. The smallest absolute Gasteiger partial charge is 0.383 e. The highest BCUT2D eigenvalue weighted by molar-refractivity contribution is 5.99. The maximum atomic E-state index is 12.9. The minimum absolute atomic E-state index is 0.179. The second kappa shape index (κ2) is 5.37. The van der Waals surface area contributed by atoms with Crippen molar-refractivity contribution in [1.82, 2.24) is 0 Å². The van der Waals surface area contributed by atoms with E-state index in [0.717, 1.165) is 12.1 Å². The third-order valence-corrected chi connectivity index (χ3v) is 2.19. The topological polar surface area (TPSA) is 38.4 Å². The molecule has 18 heavy (non-hydrogen) atoms. The van der Waals surface area contributed by atoms with E-state index in [0.29, 0.717) is 12.6 Å². The van der Waals surface area contributed by atoms with Gasteiger partial charge in [-0.1, -0.05) is 13.8 Å². The highest BCUT2D eigenvalue weighted by Crippen LogP contribution is 2.32. The molecule has 0 amide bonds. The van der Waals surface area contributed by atoms with Gasteiger partial charge >= 0.3 is 6.18 Å². The first-order chi connectivity index (χ1) is 8.21. The summed E-state index contributed by atoms with van der Waals surface area (Å²) in [6.07, 6.45) is -4.66. The molecule has 0 heterocycles. The lowest BCUT2D eigenvalue weighted by atomic mass is 10.1. The maximum Gasteiger partial charge on any atom is 0.417 e. The normalized spacial score (nSPS) is 13.2. The Bertz CT molecular complexity index is 450. The number of amidine groups is 1. The van der Waals surface area contributed by atoms with E-state index in [1.165, 1.54) is 0 Å². The van der Waals surface area contributed by atoms with Crippen molar-refractivity contribution in [2.24, 2.45) is 16.6 Å². The molecular formula is C12H14F4N2. The van der Waals surface area contributed by atoms with Crippen LogP contribution in [0.25, 0.3) is 0 Å². The van der Waals surface area contributed by atoms with Crippen LogP contribution in [0.4, 0.5) is 17.6 Å². The van der Waals surface area contributed by atoms with E-state index in [1.807, 2.05) is 13.8 Å². The van der Waals surface area contributed by atoms with Gasteiger partial charge in [-0.3, -0.25) is 4.99 Å². The van der Waals surface area contributed by atoms with E-state index < -0.39 is 17.6 Å². The van der Waals surface area contributed by atoms with E-state index in [-0.39, 0.29) is 17.3 Å². The van der Waals surface area contributed by atoms with Crippen LogP contribution in [0.1, 0.15) is 25.0 Å². The summed E-state index contributed by atoms with van der Waals surface area (Å²) in [7, 11) is 0. The summed E-state index contributed by atoms with van der Waals surface area (Å²) in [6, 6.07) is 2.35. The summed E-state index contributed by atoms with van der Waals surface area (Å²) >= 11 is 0. The Labute approximate surface area is 103 Å². The first-order valence-corrected chi connectivity index (χ1v) is 5.39. The monoisotopic (exact) mass is 262 g/mol. The van der Waals surface area contributed by atoms with Crippen LogP contribution in [0, 0.1) is 11.7 Å². The van der Waals surface area contributed by atoms with E-state index in [1.54, 1.807) is 0 Å². The van der Waals surface area contributed by atoms with Gasteiger partial charge in [-0.15, -0.1) is 0 Å². The van der Waals surface area contributed by atoms with Gasteiger partial charge in [0, 0.05) is 12.1 Å². The van der Waals surface area contributed by atoms with Crippen LogP contribution in [-0.4, -0.2) is 12.4 Å². The molecule has 0 spiro atoms. The van der Waals surface area contributed by atoms with Crippen LogP contribution >= 0.6 is 0 Å². The van der Waals surface area contributed by atoms with Gasteiger partial charge < -0.3 is 5.73 Å². The van der Waals surface area contributed by atoms with Crippen LogP contribution in [0.3, 0.4) is 0 Å². The summed E-state index contributed by atoms with van der Waals surface area (Å²) in [4.78, 5) is 3.87. The third-order valence-electron chi connectivity index (χ3n) is 2.19. The zero-order chi connectivity index (χ0) is 13.9. The number of hydrogen-bond acceptors (Lipinski definition) is 1. The first kappa shape index (κ1) is 14.5. The Balaban J connectivity index is 3.20. The molecule has 2 nitrogen and oxygen atoms in total. The molecule has 0 unspecified atom stereocenters. The minimum atomic E-state index is -4.66. The molecule has 0 aliphatic rings.